The van der Waals surface area contributed by atoms with E-state index in [-0.39, 0.29) is 60.9 Å². The number of hydrogen-bond donors (Lipinski definition) is 4. The molecule has 0 unspecified atom stereocenters. The van der Waals surface area contributed by atoms with Gasteiger partial charge < -0.3 is 21.8 Å². The number of unbranched alkanes of at least 4 members (excludes halogenated alkanes) is 12. The second kappa shape index (κ2) is 25.4. The number of hydrogen-bond acceptors (Lipinski definition) is 5. The molecule has 0 bridgehead atoms. The maximum absolute atomic E-state index is 14.0. The predicted molar refractivity (Wildman–Crippen MR) is 210 cm³/mol. The first-order chi connectivity index (χ1) is 24.9. The molecule has 2 aromatic rings. The minimum atomic E-state index is -0.855. The first-order valence-corrected chi connectivity index (χ1v) is 20.1. The molecular weight excluding hydrogens is 657 g/mol. The summed E-state index contributed by atoms with van der Waals surface area (Å²) in [5.74, 6) is -2.02. The van der Waals surface area contributed by atoms with Crippen LogP contribution in [0.3, 0.4) is 0 Å². The van der Waals surface area contributed by atoms with Crippen LogP contribution >= 0.6 is 0 Å². The summed E-state index contributed by atoms with van der Waals surface area (Å²) < 4.78 is 13.9. The monoisotopic (exact) mass is 726 g/mol. The van der Waals surface area contributed by atoms with Gasteiger partial charge in [-0.3, -0.25) is 24.2 Å². The van der Waals surface area contributed by atoms with Gasteiger partial charge in [-0.2, -0.15) is 0 Å². The first-order valence-electron chi connectivity index (χ1n) is 20.1. The second-order valence-electron chi connectivity index (χ2n) is 15.3. The molecule has 2 rings (SSSR count). The van der Waals surface area contributed by atoms with Crippen LogP contribution in [0.2, 0.25) is 0 Å². The lowest BCUT2D eigenvalue weighted by atomic mass is 9.86. The van der Waals surface area contributed by atoms with E-state index in [9.17, 15) is 23.6 Å². The average molecular weight is 726 g/mol. The SMILES string of the molecule is CCCCCCCCCCCCCCCC(=O)C[C@H](Cc1c[nH]c2cc(F)ccc12)C(=O)N[C@@H](CCCN=C(N)N)C(=O)C[C@@H](CC(C)C)C(C)=O. The number of aromatic nitrogens is 1. The number of rotatable bonds is 30. The number of carbonyl (C=O) groups is 4. The van der Waals surface area contributed by atoms with Crippen LogP contribution in [-0.4, -0.2) is 46.8 Å². The van der Waals surface area contributed by atoms with E-state index in [1.165, 1.54) is 83.3 Å². The minimum Gasteiger partial charge on any atom is -0.370 e. The van der Waals surface area contributed by atoms with Gasteiger partial charge in [0.1, 0.15) is 17.4 Å². The Balaban J connectivity index is 2.06. The van der Waals surface area contributed by atoms with Crippen molar-refractivity contribution < 1.29 is 23.6 Å². The second-order valence-corrected chi connectivity index (χ2v) is 15.3. The van der Waals surface area contributed by atoms with Gasteiger partial charge in [-0.05, 0) is 68.7 Å². The molecule has 1 aromatic heterocycles. The van der Waals surface area contributed by atoms with Gasteiger partial charge >= 0.3 is 0 Å². The molecule has 0 spiro atoms. The van der Waals surface area contributed by atoms with Crippen molar-refractivity contribution in [3.63, 3.8) is 0 Å². The lowest BCUT2D eigenvalue weighted by molar-refractivity contribution is -0.133. The van der Waals surface area contributed by atoms with Crippen molar-refractivity contribution in [2.24, 2.45) is 34.2 Å². The number of aliphatic imine (C=N–C) groups is 1. The van der Waals surface area contributed by atoms with E-state index in [2.05, 4.69) is 22.2 Å². The van der Waals surface area contributed by atoms with Crippen molar-refractivity contribution in [1.82, 2.24) is 10.3 Å². The summed E-state index contributed by atoms with van der Waals surface area (Å²) in [4.78, 5) is 60.5. The fraction of sp³-hybridized carbons (Fsp3) is 0.690. The highest BCUT2D eigenvalue weighted by atomic mass is 19.1. The molecule has 1 amide bonds. The third kappa shape index (κ3) is 18.3. The molecule has 0 saturated carbocycles. The third-order valence-electron chi connectivity index (χ3n) is 10.0. The van der Waals surface area contributed by atoms with Gasteiger partial charge in [-0.15, -0.1) is 0 Å². The van der Waals surface area contributed by atoms with Gasteiger partial charge in [-0.25, -0.2) is 4.39 Å². The number of fused-ring (bicyclic) bond motifs is 1. The van der Waals surface area contributed by atoms with E-state index in [4.69, 9.17) is 11.5 Å². The summed E-state index contributed by atoms with van der Waals surface area (Å²) in [7, 11) is 0. The van der Waals surface area contributed by atoms with E-state index < -0.39 is 23.8 Å². The lowest BCUT2D eigenvalue weighted by Crippen LogP contribution is -2.45. The summed E-state index contributed by atoms with van der Waals surface area (Å²) in [6.07, 6.45) is 19.6. The summed E-state index contributed by atoms with van der Waals surface area (Å²) in [5, 5.41) is 3.75. The number of aromatic amines is 1. The zero-order chi connectivity index (χ0) is 38.3. The number of halogens is 1. The lowest BCUT2D eigenvalue weighted by Gasteiger charge is -2.24. The summed E-state index contributed by atoms with van der Waals surface area (Å²) in [5.41, 5.74) is 12.4. The van der Waals surface area contributed by atoms with Crippen molar-refractivity contribution in [2.45, 2.75) is 162 Å². The zero-order valence-electron chi connectivity index (χ0n) is 32.6. The number of amides is 1. The van der Waals surface area contributed by atoms with E-state index in [1.54, 1.807) is 12.3 Å². The van der Waals surface area contributed by atoms with E-state index in [1.807, 2.05) is 13.8 Å². The maximum atomic E-state index is 14.0. The summed E-state index contributed by atoms with van der Waals surface area (Å²) in [6.45, 7) is 8.05. The van der Waals surface area contributed by atoms with Crippen LogP contribution in [0.25, 0.3) is 10.9 Å². The number of guanidine groups is 1. The van der Waals surface area contributed by atoms with Crippen LogP contribution in [-0.2, 0) is 25.6 Å². The zero-order valence-corrected chi connectivity index (χ0v) is 32.6. The number of H-pyrrole nitrogens is 1. The van der Waals surface area contributed by atoms with Crippen molar-refractivity contribution in [1.29, 1.82) is 0 Å². The molecule has 1 aromatic carbocycles. The minimum absolute atomic E-state index is 0.0123. The number of ketones is 3. The van der Waals surface area contributed by atoms with Crippen LogP contribution in [0.1, 0.15) is 155 Å². The molecule has 52 heavy (non-hydrogen) atoms. The molecule has 292 valence electrons. The number of benzene rings is 1. The van der Waals surface area contributed by atoms with Crippen molar-refractivity contribution in [3.05, 3.63) is 35.8 Å². The largest absolute Gasteiger partial charge is 0.370 e. The molecular formula is C42H68FN5O4. The maximum Gasteiger partial charge on any atom is 0.224 e. The predicted octanol–water partition coefficient (Wildman–Crippen LogP) is 8.66. The van der Waals surface area contributed by atoms with Gasteiger partial charge in [0.2, 0.25) is 5.91 Å². The Morgan fingerprint density at radius 3 is 2.04 bits per heavy atom. The van der Waals surface area contributed by atoms with E-state index >= 15 is 0 Å². The normalized spacial score (nSPS) is 13.2. The van der Waals surface area contributed by atoms with E-state index in [0.29, 0.717) is 31.2 Å². The number of nitrogens with two attached hydrogens (primary N) is 2. The van der Waals surface area contributed by atoms with Crippen LogP contribution in [0.5, 0.6) is 0 Å². The van der Waals surface area contributed by atoms with Crippen LogP contribution in [0.15, 0.2) is 29.4 Å². The Bertz CT molecular complexity index is 1400. The molecule has 0 aliphatic carbocycles. The Kier molecular flexibility index (Phi) is 21.8. The molecule has 9 nitrogen and oxygen atoms in total. The topological polar surface area (TPSA) is 160 Å². The molecule has 0 saturated heterocycles. The Hall–Kier alpha value is -3.56. The van der Waals surface area contributed by atoms with Crippen LogP contribution in [0, 0.1) is 23.6 Å². The Morgan fingerprint density at radius 1 is 0.846 bits per heavy atom. The quantitative estimate of drug-likeness (QED) is 0.0358. The van der Waals surface area contributed by atoms with Gasteiger partial charge in [0, 0.05) is 54.7 Å². The molecule has 3 atom stereocenters. The molecule has 1 heterocycles. The fourth-order valence-corrected chi connectivity index (χ4v) is 7.02. The first kappa shape index (κ1) is 44.6. The highest BCUT2D eigenvalue weighted by molar-refractivity contribution is 5.94. The number of nitrogens with one attached hydrogen (secondary N) is 2. The third-order valence-corrected chi connectivity index (χ3v) is 10.0. The molecule has 6 N–H and O–H groups in total. The Morgan fingerprint density at radius 2 is 1.46 bits per heavy atom. The Labute approximate surface area is 312 Å². The van der Waals surface area contributed by atoms with E-state index in [0.717, 1.165) is 30.2 Å². The van der Waals surface area contributed by atoms with Crippen LogP contribution in [0.4, 0.5) is 4.39 Å². The summed E-state index contributed by atoms with van der Waals surface area (Å²) in [6, 6.07) is 3.60. The van der Waals surface area contributed by atoms with Crippen molar-refractivity contribution >= 4 is 40.1 Å². The number of nitrogens with zero attached hydrogens (tertiary/aromatic N) is 1. The highest BCUT2D eigenvalue weighted by Gasteiger charge is 2.30. The standard InChI is InChI=1S/C42H68FN5O4/c1-5-6-7-8-9-10-11-12-13-14-15-16-17-19-36(50)26-33(25-34-29-47-39-28-35(43)21-22-37(34)39)41(52)48-38(20-18-23-46-42(44)45)40(51)27-32(31(4)49)24-30(2)3/h21-22,28-30,32-33,38,47H,5-20,23-27H2,1-4H3,(H,48,52)(H4,44,45,46)/t32-,33+,38+/m1/s1. The molecule has 10 heteroatoms. The highest BCUT2D eigenvalue weighted by Crippen LogP contribution is 2.25. The van der Waals surface area contributed by atoms with Crippen molar-refractivity contribution in [2.75, 3.05) is 6.54 Å². The van der Waals surface area contributed by atoms with Gasteiger partial charge in [-0.1, -0.05) is 97.8 Å². The smallest absolute Gasteiger partial charge is 0.224 e. The molecule has 0 radical (unpaired) electrons. The molecule has 0 aliphatic rings. The average Bonchev–Trinajstić information content (AvgIpc) is 3.48. The summed E-state index contributed by atoms with van der Waals surface area (Å²) >= 11 is 0. The van der Waals surface area contributed by atoms with Gasteiger partial charge in [0.25, 0.3) is 0 Å². The number of Topliss-reactive ketones (excluding diaryl/α,β-unsaturated/α-hetero) is 3. The molecule has 0 fully saturated rings. The van der Waals surface area contributed by atoms with Gasteiger partial charge in [0.15, 0.2) is 11.7 Å². The molecule has 0 aliphatic heterocycles. The fourth-order valence-electron chi connectivity index (χ4n) is 7.02. The van der Waals surface area contributed by atoms with Crippen LogP contribution < -0.4 is 16.8 Å². The number of carbonyl (C=O) groups excluding carboxylic acids is 4. The van der Waals surface area contributed by atoms with Crippen molar-refractivity contribution in [3.8, 4) is 0 Å². The van der Waals surface area contributed by atoms with Gasteiger partial charge in [0.05, 0.1) is 6.04 Å².